The second-order valence-electron chi connectivity index (χ2n) is 5.46. The summed E-state index contributed by atoms with van der Waals surface area (Å²) in [5.41, 5.74) is 0.322. The van der Waals surface area contributed by atoms with Gasteiger partial charge in [0, 0.05) is 19.4 Å². The van der Waals surface area contributed by atoms with Gasteiger partial charge in [0.15, 0.2) is 0 Å². The lowest BCUT2D eigenvalue weighted by atomic mass is 9.93. The first-order valence-electron chi connectivity index (χ1n) is 5.64. The van der Waals surface area contributed by atoms with E-state index in [2.05, 4.69) is 5.32 Å². The predicted octanol–water partition coefficient (Wildman–Crippen LogP) is 2.24. The molecule has 0 saturated carbocycles. The van der Waals surface area contributed by atoms with Crippen LogP contribution in [0.2, 0.25) is 0 Å². The molecule has 4 heteroatoms. The summed E-state index contributed by atoms with van der Waals surface area (Å²) in [7, 11) is 0. The van der Waals surface area contributed by atoms with E-state index < -0.39 is 11.2 Å². The van der Waals surface area contributed by atoms with Crippen molar-refractivity contribution in [2.75, 3.05) is 0 Å². The lowest BCUT2D eigenvalue weighted by Gasteiger charge is -2.21. The molecule has 0 amide bonds. The zero-order chi connectivity index (χ0) is 12.8. The number of nitrogens with one attached hydrogen (secondary N) is 1. The number of rotatable bonds is 1. The first-order chi connectivity index (χ1) is 7.74. The molecule has 0 fully saturated rings. The van der Waals surface area contributed by atoms with Crippen molar-refractivity contribution >= 4 is 5.71 Å². The number of hydrogen-bond acceptors (Lipinski definition) is 2. The van der Waals surface area contributed by atoms with Gasteiger partial charge in [-0.1, -0.05) is 0 Å². The summed E-state index contributed by atoms with van der Waals surface area (Å²) in [6.07, 6.45) is 0. The van der Waals surface area contributed by atoms with Crippen molar-refractivity contribution in [1.82, 2.24) is 5.32 Å². The van der Waals surface area contributed by atoms with Crippen LogP contribution in [0, 0.1) is 11.0 Å². The summed E-state index contributed by atoms with van der Waals surface area (Å²) >= 11 is 0. The largest absolute Gasteiger partial charge is 0.622 e. The molecule has 2 rings (SSSR count). The summed E-state index contributed by atoms with van der Waals surface area (Å²) in [5, 5.41) is 15.5. The maximum absolute atomic E-state index is 12.9. The van der Waals surface area contributed by atoms with Crippen molar-refractivity contribution in [3.63, 3.8) is 0 Å². The molecule has 0 aromatic heterocycles. The van der Waals surface area contributed by atoms with E-state index in [1.165, 1.54) is 12.1 Å². The normalized spacial score (nSPS) is 21.9. The highest BCUT2D eigenvalue weighted by molar-refractivity contribution is 6.04. The molecular formula is C13H17FN2O. The monoisotopic (exact) mass is 236 g/mol. The van der Waals surface area contributed by atoms with Gasteiger partial charge in [0.1, 0.15) is 11.4 Å². The molecule has 1 aliphatic heterocycles. The maximum atomic E-state index is 12.9. The third-order valence-electron chi connectivity index (χ3n) is 3.04. The van der Waals surface area contributed by atoms with Crippen LogP contribution in [0.15, 0.2) is 24.3 Å². The molecule has 0 bridgehead atoms. The number of benzene rings is 1. The molecule has 0 radical (unpaired) electrons. The summed E-state index contributed by atoms with van der Waals surface area (Å²) < 4.78 is 13.9. The van der Waals surface area contributed by atoms with Crippen molar-refractivity contribution in [2.45, 2.75) is 38.9 Å². The van der Waals surface area contributed by atoms with Gasteiger partial charge in [-0.2, -0.15) is 4.74 Å². The molecular weight excluding hydrogens is 219 g/mol. The highest BCUT2D eigenvalue weighted by Crippen LogP contribution is 2.26. The van der Waals surface area contributed by atoms with E-state index in [1.54, 1.807) is 12.1 Å². The zero-order valence-corrected chi connectivity index (χ0v) is 10.5. The minimum absolute atomic E-state index is 0.296. The van der Waals surface area contributed by atoms with Crippen molar-refractivity contribution in [2.24, 2.45) is 0 Å². The SMILES string of the molecule is CC1(C)NC(C)(C)[N+]([O-])=C1c1ccc(F)cc1. The zero-order valence-electron chi connectivity index (χ0n) is 10.5. The van der Waals surface area contributed by atoms with Crippen LogP contribution >= 0.6 is 0 Å². The molecule has 1 aliphatic rings. The first-order valence-corrected chi connectivity index (χ1v) is 5.64. The van der Waals surface area contributed by atoms with Crippen LogP contribution in [-0.2, 0) is 0 Å². The van der Waals surface area contributed by atoms with Crippen LogP contribution in [-0.4, -0.2) is 21.7 Å². The van der Waals surface area contributed by atoms with E-state index >= 15 is 0 Å². The standard InChI is InChI=1S/C13H17FN2O/c1-12(2)11(16(17)13(3,4)15-12)9-5-7-10(14)8-6-9/h5-8,15H,1-4H3. The van der Waals surface area contributed by atoms with E-state index in [9.17, 15) is 9.60 Å². The quantitative estimate of drug-likeness (QED) is 0.600. The van der Waals surface area contributed by atoms with Gasteiger partial charge in [-0.25, -0.2) is 9.71 Å². The van der Waals surface area contributed by atoms with Gasteiger partial charge in [-0.15, -0.1) is 0 Å². The number of halogens is 1. The van der Waals surface area contributed by atoms with E-state index in [4.69, 9.17) is 0 Å². The smallest absolute Gasteiger partial charge is 0.222 e. The first kappa shape index (κ1) is 12.0. The minimum Gasteiger partial charge on any atom is -0.622 e. The highest BCUT2D eigenvalue weighted by atomic mass is 19.1. The van der Waals surface area contributed by atoms with Crippen LogP contribution in [0.3, 0.4) is 0 Å². The van der Waals surface area contributed by atoms with Gasteiger partial charge < -0.3 is 5.21 Å². The van der Waals surface area contributed by atoms with Gasteiger partial charge in [0.05, 0.1) is 0 Å². The van der Waals surface area contributed by atoms with Crippen LogP contribution in [0.5, 0.6) is 0 Å². The van der Waals surface area contributed by atoms with Gasteiger partial charge in [0.25, 0.3) is 0 Å². The summed E-state index contributed by atoms with van der Waals surface area (Å²) in [5.74, 6) is -0.296. The fraction of sp³-hybridized carbons (Fsp3) is 0.462. The molecule has 17 heavy (non-hydrogen) atoms. The fourth-order valence-electron chi connectivity index (χ4n) is 2.49. The van der Waals surface area contributed by atoms with Gasteiger partial charge in [-0.05, 0) is 38.1 Å². The Morgan fingerprint density at radius 2 is 1.65 bits per heavy atom. The van der Waals surface area contributed by atoms with E-state index in [1.807, 2.05) is 27.7 Å². The molecule has 0 aliphatic carbocycles. The fourth-order valence-corrected chi connectivity index (χ4v) is 2.49. The number of hydrogen-bond donors (Lipinski definition) is 1. The average molecular weight is 236 g/mol. The predicted molar refractivity (Wildman–Crippen MR) is 65.4 cm³/mol. The Morgan fingerprint density at radius 3 is 2.06 bits per heavy atom. The summed E-state index contributed by atoms with van der Waals surface area (Å²) in [4.78, 5) is 0. The van der Waals surface area contributed by atoms with E-state index in [0.29, 0.717) is 5.71 Å². The Morgan fingerprint density at radius 1 is 1.12 bits per heavy atom. The summed E-state index contributed by atoms with van der Waals surface area (Å²) in [6, 6.07) is 6.02. The Labute approximate surface area is 101 Å². The second kappa shape index (κ2) is 3.53. The molecule has 0 saturated heterocycles. The van der Waals surface area contributed by atoms with Crippen LogP contribution in [0.4, 0.5) is 4.39 Å². The molecule has 0 unspecified atom stereocenters. The Bertz CT molecular complexity index is 475. The van der Waals surface area contributed by atoms with Crippen molar-refractivity contribution in [3.05, 3.63) is 40.9 Å². The van der Waals surface area contributed by atoms with Crippen LogP contribution < -0.4 is 5.32 Å². The van der Waals surface area contributed by atoms with Gasteiger partial charge >= 0.3 is 0 Å². The Hall–Kier alpha value is -1.42. The molecule has 3 nitrogen and oxygen atoms in total. The van der Waals surface area contributed by atoms with E-state index in [-0.39, 0.29) is 5.82 Å². The third-order valence-corrected chi connectivity index (χ3v) is 3.04. The molecule has 0 atom stereocenters. The highest BCUT2D eigenvalue weighted by Gasteiger charge is 2.49. The molecule has 1 aromatic rings. The van der Waals surface area contributed by atoms with Crippen LogP contribution in [0.25, 0.3) is 0 Å². The van der Waals surface area contributed by atoms with Gasteiger partial charge in [-0.3, -0.25) is 0 Å². The van der Waals surface area contributed by atoms with E-state index in [0.717, 1.165) is 10.3 Å². The molecule has 1 heterocycles. The summed E-state index contributed by atoms with van der Waals surface area (Å²) in [6.45, 7) is 7.56. The Kier molecular flexibility index (Phi) is 2.51. The Balaban J connectivity index is 2.56. The van der Waals surface area contributed by atoms with Crippen molar-refractivity contribution in [1.29, 1.82) is 0 Å². The molecule has 1 aromatic carbocycles. The number of hydroxylamine groups is 1. The third kappa shape index (κ3) is 1.93. The molecule has 92 valence electrons. The second-order valence-corrected chi connectivity index (χ2v) is 5.46. The van der Waals surface area contributed by atoms with Crippen molar-refractivity contribution in [3.8, 4) is 0 Å². The molecule has 0 spiro atoms. The maximum Gasteiger partial charge on any atom is 0.222 e. The number of nitrogens with zero attached hydrogens (tertiary/aromatic N) is 1. The lowest BCUT2D eigenvalue weighted by Crippen LogP contribution is -2.49. The lowest BCUT2D eigenvalue weighted by molar-refractivity contribution is -0.536. The van der Waals surface area contributed by atoms with Gasteiger partial charge in [0.2, 0.25) is 11.4 Å². The average Bonchev–Trinajstić information content (AvgIpc) is 2.34. The molecule has 1 N–H and O–H groups in total. The topological polar surface area (TPSA) is 38.1 Å². The van der Waals surface area contributed by atoms with Crippen molar-refractivity contribution < 1.29 is 9.13 Å². The minimum atomic E-state index is -0.646. The van der Waals surface area contributed by atoms with Crippen LogP contribution in [0.1, 0.15) is 33.3 Å².